The first-order valence-corrected chi connectivity index (χ1v) is 0. The van der Waals surface area contributed by atoms with E-state index in [0.29, 0.717) is 0 Å². The van der Waals surface area contributed by atoms with Crippen molar-refractivity contribution >= 4 is 76.2 Å². The first-order chi connectivity index (χ1) is 0. The average Bonchev–Trinajstić information content (AvgIpc) is 0. The third-order valence-electron chi connectivity index (χ3n) is 0. The Morgan fingerprint density at radius 2 is 0.750 bits per heavy atom. The summed E-state index contributed by atoms with van der Waals surface area (Å²) in [5, 5.41) is 0. The smallest absolute Gasteiger partial charge is 0 e. The molecule has 0 spiro atoms. The van der Waals surface area contributed by atoms with Crippen molar-refractivity contribution in [2.45, 2.75) is 0 Å². The van der Waals surface area contributed by atoms with E-state index in [1.807, 2.05) is 0 Å². The van der Waals surface area contributed by atoms with Gasteiger partial charge in [0.15, 0.2) is 0 Å². The van der Waals surface area contributed by atoms with Gasteiger partial charge in [-0.25, -0.2) is 0 Å². The Hall–Kier alpha value is 2.84. The minimum atomic E-state index is 0. The van der Waals surface area contributed by atoms with E-state index >= 15 is 0 Å². The Labute approximate surface area is 93.5 Å². The zero-order valence-electron chi connectivity index (χ0n) is 1.52. The van der Waals surface area contributed by atoms with Crippen LogP contribution < -0.4 is 0 Å². The van der Waals surface area contributed by atoms with Crippen LogP contribution in [0.4, 0.5) is 0 Å². The van der Waals surface area contributed by atoms with Gasteiger partial charge >= 0.3 is 51.4 Å². The monoisotopic (exact) mass is 176 g/mol. The Morgan fingerprint density at radius 1 is 0.750 bits per heavy atom. The van der Waals surface area contributed by atoms with Crippen LogP contribution in [0, 0.1) is 0 Å². The Balaban J connectivity index is 0. The van der Waals surface area contributed by atoms with Crippen LogP contribution >= 0.6 is 24.8 Å². The maximum absolute atomic E-state index is 0. The fraction of sp³-hybridized carbons (Fsp3) is 0. The summed E-state index contributed by atoms with van der Waals surface area (Å²) in [6.07, 6.45) is 0. The van der Waals surface area contributed by atoms with E-state index < -0.39 is 0 Å². The minimum Gasteiger partial charge on any atom is 0 e. The summed E-state index contributed by atoms with van der Waals surface area (Å²) in [5.74, 6) is 0. The molecule has 0 fully saturated rings. The standard InChI is InChI=1S/2ClH.K.Zn.H/h2*1H;;;. The molecule has 0 saturated carbocycles. The van der Waals surface area contributed by atoms with E-state index in [-0.39, 0.29) is 95.7 Å². The van der Waals surface area contributed by atoms with E-state index in [9.17, 15) is 0 Å². The predicted molar refractivity (Wildman–Crippen MR) is 21.6 cm³/mol. The Kier molecular flexibility index (Phi) is 123. The second-order valence-electron chi connectivity index (χ2n) is 0. The summed E-state index contributed by atoms with van der Waals surface area (Å²) >= 11 is 0. The van der Waals surface area contributed by atoms with Gasteiger partial charge in [-0.05, 0) is 0 Å². The summed E-state index contributed by atoms with van der Waals surface area (Å²) in [6, 6.07) is 0. The third-order valence-corrected chi connectivity index (χ3v) is 0. The summed E-state index contributed by atoms with van der Waals surface area (Å²) < 4.78 is 0. The zero-order chi connectivity index (χ0) is 0. The van der Waals surface area contributed by atoms with E-state index in [0.717, 1.165) is 0 Å². The van der Waals surface area contributed by atoms with Crippen molar-refractivity contribution in [2.75, 3.05) is 0 Å². The zero-order valence-corrected chi connectivity index (χ0v) is 6.12. The van der Waals surface area contributed by atoms with Crippen LogP contribution in [0.5, 0.6) is 0 Å². The molecular weight excluding hydrogens is 175 g/mol. The van der Waals surface area contributed by atoms with Crippen molar-refractivity contribution in [3.8, 4) is 0 Å². The molecule has 0 N–H and O–H groups in total. The van der Waals surface area contributed by atoms with Crippen molar-refractivity contribution in [2.24, 2.45) is 0 Å². The molecule has 0 radical (unpaired) electrons. The first-order valence-electron chi connectivity index (χ1n) is 0. The summed E-state index contributed by atoms with van der Waals surface area (Å²) in [6.45, 7) is 0. The van der Waals surface area contributed by atoms with Gasteiger partial charge in [-0.15, -0.1) is 24.8 Å². The predicted octanol–water partition coefficient (Wildman–Crippen LogP) is 0.193. The van der Waals surface area contributed by atoms with Gasteiger partial charge in [0.2, 0.25) is 0 Å². The van der Waals surface area contributed by atoms with Crippen LogP contribution in [-0.2, 0) is 19.5 Å². The van der Waals surface area contributed by atoms with Crippen LogP contribution in [0.3, 0.4) is 0 Å². The molecule has 0 amide bonds. The van der Waals surface area contributed by atoms with Gasteiger partial charge in [-0.2, -0.15) is 0 Å². The van der Waals surface area contributed by atoms with E-state index in [1.54, 1.807) is 0 Å². The molecule has 0 aromatic heterocycles. The Bertz CT molecular complexity index is 6.00. The Morgan fingerprint density at radius 3 is 0.750 bits per heavy atom. The van der Waals surface area contributed by atoms with Crippen molar-refractivity contribution in [3.05, 3.63) is 0 Å². The molecule has 4 heteroatoms. The SMILES string of the molecule is Cl.Cl.[KH].[Zn]. The van der Waals surface area contributed by atoms with E-state index in [4.69, 9.17) is 0 Å². The van der Waals surface area contributed by atoms with Crippen LogP contribution in [0.2, 0.25) is 0 Å². The minimum absolute atomic E-state index is 0. The molecule has 0 aliphatic carbocycles. The largest absolute Gasteiger partial charge is 0 e. The molecule has 0 aliphatic heterocycles. The quantitative estimate of drug-likeness (QED) is 0.465. The second-order valence-corrected chi connectivity index (χ2v) is 0. The van der Waals surface area contributed by atoms with Crippen molar-refractivity contribution in [1.29, 1.82) is 0 Å². The molecule has 0 rings (SSSR count). The number of rotatable bonds is 0. The van der Waals surface area contributed by atoms with Crippen molar-refractivity contribution in [3.63, 3.8) is 0 Å². The number of hydrogen-bond donors (Lipinski definition) is 0. The molecule has 0 bridgehead atoms. The number of halogens is 2. The second kappa shape index (κ2) is 17.0. The summed E-state index contributed by atoms with van der Waals surface area (Å²) in [7, 11) is 0. The van der Waals surface area contributed by atoms with Crippen LogP contribution in [0.15, 0.2) is 0 Å². The normalized spacial score (nSPS) is 0. The fourth-order valence-corrected chi connectivity index (χ4v) is 0. The van der Waals surface area contributed by atoms with Gasteiger partial charge in [0, 0.05) is 19.5 Å². The van der Waals surface area contributed by atoms with Crippen molar-refractivity contribution in [1.82, 2.24) is 0 Å². The molecule has 0 atom stereocenters. The molecule has 0 aromatic rings. The van der Waals surface area contributed by atoms with Gasteiger partial charge in [-0.1, -0.05) is 0 Å². The molecule has 0 saturated heterocycles. The van der Waals surface area contributed by atoms with Crippen LogP contribution in [-0.4, -0.2) is 51.4 Å². The molecule has 0 aliphatic rings. The summed E-state index contributed by atoms with van der Waals surface area (Å²) in [4.78, 5) is 0. The van der Waals surface area contributed by atoms with Gasteiger partial charge in [0.1, 0.15) is 0 Å². The fourth-order valence-electron chi connectivity index (χ4n) is 0. The molecule has 20 valence electrons. The van der Waals surface area contributed by atoms with E-state index in [2.05, 4.69) is 0 Å². The number of hydrogen-bond acceptors (Lipinski definition) is 0. The molecule has 0 unspecified atom stereocenters. The molecule has 0 aromatic carbocycles. The third kappa shape index (κ3) is 8.85. The molecule has 0 nitrogen and oxygen atoms in total. The van der Waals surface area contributed by atoms with Gasteiger partial charge in [0.05, 0.1) is 0 Å². The summed E-state index contributed by atoms with van der Waals surface area (Å²) in [5.41, 5.74) is 0. The van der Waals surface area contributed by atoms with E-state index in [1.165, 1.54) is 0 Å². The van der Waals surface area contributed by atoms with Crippen LogP contribution in [0.1, 0.15) is 0 Å². The molecule has 4 heavy (non-hydrogen) atoms. The van der Waals surface area contributed by atoms with Gasteiger partial charge in [0.25, 0.3) is 0 Å². The van der Waals surface area contributed by atoms with Crippen LogP contribution in [0.25, 0.3) is 0 Å². The topological polar surface area (TPSA) is 0 Å². The van der Waals surface area contributed by atoms with Crippen molar-refractivity contribution < 1.29 is 19.5 Å². The molecular formula is H3Cl2KZn. The maximum Gasteiger partial charge on any atom is 0 e. The first kappa shape index (κ1) is 28.9. The molecule has 0 heterocycles. The van der Waals surface area contributed by atoms with Gasteiger partial charge in [-0.3, -0.25) is 0 Å². The van der Waals surface area contributed by atoms with Gasteiger partial charge < -0.3 is 0 Å². The average molecular weight is 178 g/mol. The maximum atomic E-state index is 0.